The van der Waals surface area contributed by atoms with Crippen LogP contribution in [-0.4, -0.2) is 32.4 Å². The summed E-state index contributed by atoms with van der Waals surface area (Å²) in [6.07, 6.45) is 1.07. The van der Waals surface area contributed by atoms with Gasteiger partial charge in [0.2, 0.25) is 10.0 Å². The van der Waals surface area contributed by atoms with E-state index in [9.17, 15) is 8.42 Å². The average molecular weight is 181 g/mol. The van der Waals surface area contributed by atoms with E-state index in [1.807, 2.05) is 0 Å². The van der Waals surface area contributed by atoms with Gasteiger partial charge in [-0.2, -0.15) is 0 Å². The molecule has 2 N–H and O–H groups in total. The van der Waals surface area contributed by atoms with E-state index in [1.54, 1.807) is 6.92 Å². The number of aliphatic hydroxyl groups excluding tert-OH is 1. The summed E-state index contributed by atoms with van der Waals surface area (Å²) in [6, 6.07) is 0. The van der Waals surface area contributed by atoms with Crippen molar-refractivity contribution < 1.29 is 13.5 Å². The quantitative estimate of drug-likeness (QED) is 0.553. The van der Waals surface area contributed by atoms with Crippen molar-refractivity contribution in [3.63, 3.8) is 0 Å². The molecule has 0 amide bonds. The highest BCUT2D eigenvalue weighted by atomic mass is 32.2. The van der Waals surface area contributed by atoms with Crippen molar-refractivity contribution in [3.05, 3.63) is 0 Å². The van der Waals surface area contributed by atoms with Gasteiger partial charge in [-0.1, -0.05) is 6.92 Å². The van der Waals surface area contributed by atoms with Crippen LogP contribution < -0.4 is 4.72 Å². The van der Waals surface area contributed by atoms with Gasteiger partial charge in [0.15, 0.2) is 0 Å². The van der Waals surface area contributed by atoms with Gasteiger partial charge in [-0.05, 0) is 12.8 Å². The first-order chi connectivity index (χ1) is 5.12. The Morgan fingerprint density at radius 3 is 2.45 bits per heavy atom. The average Bonchev–Trinajstić information content (AvgIpc) is 1.87. The lowest BCUT2D eigenvalue weighted by atomic mass is 10.4. The summed E-state index contributed by atoms with van der Waals surface area (Å²) in [5.74, 6) is 0.113. The van der Waals surface area contributed by atoms with Crippen molar-refractivity contribution in [1.29, 1.82) is 0 Å². The third kappa shape index (κ3) is 6.28. The molecule has 0 radical (unpaired) electrons. The molecule has 0 atom stereocenters. The number of nitrogens with one attached hydrogen (secondary N) is 1. The Bertz CT molecular complexity index is 176. The highest BCUT2D eigenvalue weighted by Crippen LogP contribution is 1.92. The van der Waals surface area contributed by atoms with Crippen molar-refractivity contribution in [1.82, 2.24) is 4.72 Å². The summed E-state index contributed by atoms with van der Waals surface area (Å²) >= 11 is 0. The monoisotopic (exact) mass is 181 g/mol. The van der Waals surface area contributed by atoms with Crippen LogP contribution in [0, 0.1) is 0 Å². The van der Waals surface area contributed by atoms with Crippen molar-refractivity contribution in [3.8, 4) is 0 Å². The second-order valence-corrected chi connectivity index (χ2v) is 4.17. The van der Waals surface area contributed by atoms with Gasteiger partial charge < -0.3 is 5.11 Å². The Hall–Kier alpha value is -0.130. The molecular weight excluding hydrogens is 166 g/mol. The fourth-order valence-corrected chi connectivity index (χ4v) is 1.86. The molecule has 4 nitrogen and oxygen atoms in total. The maximum atomic E-state index is 10.9. The number of hydrogen-bond donors (Lipinski definition) is 2. The Labute approximate surface area is 67.7 Å². The molecule has 0 aliphatic carbocycles. The molecule has 0 aliphatic heterocycles. The molecule has 68 valence electrons. The minimum Gasteiger partial charge on any atom is -0.396 e. The second kappa shape index (κ2) is 5.51. The Kier molecular flexibility index (Phi) is 5.45. The van der Waals surface area contributed by atoms with E-state index in [1.165, 1.54) is 0 Å². The SMILES string of the molecule is CCNS(=O)(=O)CCCCO. The summed E-state index contributed by atoms with van der Waals surface area (Å²) in [7, 11) is -3.07. The van der Waals surface area contributed by atoms with Gasteiger partial charge in [-0.15, -0.1) is 0 Å². The molecule has 0 aromatic heterocycles. The van der Waals surface area contributed by atoms with E-state index in [2.05, 4.69) is 4.72 Å². The topological polar surface area (TPSA) is 66.4 Å². The van der Waals surface area contributed by atoms with Gasteiger partial charge in [-0.25, -0.2) is 13.1 Å². The van der Waals surface area contributed by atoms with E-state index < -0.39 is 10.0 Å². The van der Waals surface area contributed by atoms with Gasteiger partial charge in [-0.3, -0.25) is 0 Å². The van der Waals surface area contributed by atoms with Crippen molar-refractivity contribution in [2.45, 2.75) is 19.8 Å². The molecule has 0 bridgehead atoms. The molecule has 0 rings (SSSR count). The van der Waals surface area contributed by atoms with Gasteiger partial charge in [0.25, 0.3) is 0 Å². The van der Waals surface area contributed by atoms with Crippen LogP contribution in [0.1, 0.15) is 19.8 Å². The third-order valence-corrected chi connectivity index (χ3v) is 2.74. The van der Waals surface area contributed by atoms with Crippen molar-refractivity contribution >= 4 is 10.0 Å². The summed E-state index contributed by atoms with van der Waals surface area (Å²) in [6.45, 7) is 2.23. The van der Waals surface area contributed by atoms with Gasteiger partial charge in [0, 0.05) is 13.2 Å². The second-order valence-electron chi connectivity index (χ2n) is 2.25. The molecule has 0 aliphatic rings. The van der Waals surface area contributed by atoms with Crippen LogP contribution in [-0.2, 0) is 10.0 Å². The molecule has 0 unspecified atom stereocenters. The van der Waals surface area contributed by atoms with Crippen molar-refractivity contribution in [2.24, 2.45) is 0 Å². The number of rotatable bonds is 6. The molecule has 0 aromatic rings. The van der Waals surface area contributed by atoms with Crippen LogP contribution >= 0.6 is 0 Å². The first-order valence-electron chi connectivity index (χ1n) is 3.70. The maximum Gasteiger partial charge on any atom is 0.211 e. The van der Waals surface area contributed by atoms with Crippen LogP contribution in [0.15, 0.2) is 0 Å². The minimum atomic E-state index is -3.07. The molecule has 0 aromatic carbocycles. The number of aliphatic hydroxyl groups is 1. The Morgan fingerprint density at radius 2 is 2.00 bits per heavy atom. The van der Waals surface area contributed by atoms with Crippen LogP contribution in [0.5, 0.6) is 0 Å². The molecule has 5 heteroatoms. The fraction of sp³-hybridized carbons (Fsp3) is 1.00. The minimum absolute atomic E-state index is 0.0572. The van der Waals surface area contributed by atoms with Crippen LogP contribution in [0.4, 0.5) is 0 Å². The number of sulfonamides is 1. The molecule has 0 saturated heterocycles. The molecule has 0 saturated carbocycles. The summed E-state index contributed by atoms with van der Waals surface area (Å²) in [4.78, 5) is 0. The van der Waals surface area contributed by atoms with Crippen LogP contribution in [0.25, 0.3) is 0 Å². The molecule has 0 fully saturated rings. The molecule has 11 heavy (non-hydrogen) atoms. The van der Waals surface area contributed by atoms with Crippen LogP contribution in [0.2, 0.25) is 0 Å². The largest absolute Gasteiger partial charge is 0.396 e. The summed E-state index contributed by atoms with van der Waals surface area (Å²) in [5, 5.41) is 8.38. The van der Waals surface area contributed by atoms with Gasteiger partial charge >= 0.3 is 0 Å². The maximum absolute atomic E-state index is 10.9. The van der Waals surface area contributed by atoms with E-state index in [0.717, 1.165) is 0 Å². The zero-order valence-electron chi connectivity index (χ0n) is 6.71. The lowest BCUT2D eigenvalue weighted by Gasteiger charge is -2.02. The number of unbranched alkanes of at least 4 members (excludes halogenated alkanes) is 1. The normalized spacial score (nSPS) is 11.8. The highest BCUT2D eigenvalue weighted by Gasteiger charge is 2.06. The third-order valence-electron chi connectivity index (χ3n) is 1.19. The van der Waals surface area contributed by atoms with Gasteiger partial charge in [0.05, 0.1) is 5.75 Å². The zero-order valence-corrected chi connectivity index (χ0v) is 7.52. The highest BCUT2D eigenvalue weighted by molar-refractivity contribution is 7.89. The lowest BCUT2D eigenvalue weighted by Crippen LogP contribution is -2.25. The first-order valence-corrected chi connectivity index (χ1v) is 5.36. The van der Waals surface area contributed by atoms with Gasteiger partial charge in [0.1, 0.15) is 0 Å². The van der Waals surface area contributed by atoms with Crippen molar-refractivity contribution in [2.75, 3.05) is 18.9 Å². The molecule has 0 spiro atoms. The lowest BCUT2D eigenvalue weighted by molar-refractivity contribution is 0.287. The smallest absolute Gasteiger partial charge is 0.211 e. The Balaban J connectivity index is 3.56. The van der Waals surface area contributed by atoms with E-state index in [0.29, 0.717) is 19.4 Å². The van der Waals surface area contributed by atoms with E-state index in [4.69, 9.17) is 5.11 Å². The standard InChI is InChI=1S/C6H15NO3S/c1-2-7-11(9,10)6-4-3-5-8/h7-8H,2-6H2,1H3. The predicted octanol–water partition coefficient (Wildman–Crippen LogP) is -0.302. The van der Waals surface area contributed by atoms with E-state index in [-0.39, 0.29) is 12.4 Å². The Morgan fingerprint density at radius 1 is 1.36 bits per heavy atom. The molecular formula is C6H15NO3S. The van der Waals surface area contributed by atoms with E-state index >= 15 is 0 Å². The van der Waals surface area contributed by atoms with Crippen LogP contribution in [0.3, 0.4) is 0 Å². The summed E-state index contributed by atoms with van der Waals surface area (Å²) in [5.41, 5.74) is 0. The molecule has 0 heterocycles. The first kappa shape index (κ1) is 10.9. The zero-order chi connectivity index (χ0) is 8.74. The fourth-order valence-electron chi connectivity index (χ4n) is 0.696. The summed E-state index contributed by atoms with van der Waals surface area (Å²) < 4.78 is 24.2. The predicted molar refractivity (Wildman–Crippen MR) is 43.8 cm³/mol. The number of hydrogen-bond acceptors (Lipinski definition) is 3.